The van der Waals surface area contributed by atoms with Gasteiger partial charge in [-0.2, -0.15) is 4.80 Å². The number of nitrogens with zero attached hydrogens (tertiary/aromatic N) is 7. The van der Waals surface area contributed by atoms with E-state index in [1.54, 1.807) is 34.1 Å². The SMILES string of the molecule is CCOC(=O)c1coc(C(C)(C)C)n1.COC(=O)C(C)C.Cc1cc(C(C)(C)C)no1.Cc1coc(C(C)(C)C)n1.Cn1nnc(C(C)(C)C)n1. The first kappa shape index (κ1) is 46.6. The maximum atomic E-state index is 11.2. The summed E-state index contributed by atoms with van der Waals surface area (Å²) in [5.74, 6) is 2.43. The molecule has 0 amide bonds. The quantitative estimate of drug-likeness (QED) is 0.186. The zero-order chi connectivity index (χ0) is 40.0. The molecule has 4 rings (SSSR count). The van der Waals surface area contributed by atoms with Gasteiger partial charge in [0.25, 0.3) is 0 Å². The Kier molecular flexibility index (Phi) is 18.2. The summed E-state index contributed by atoms with van der Waals surface area (Å²) in [6, 6.07) is 1.97. The van der Waals surface area contributed by atoms with Crippen molar-refractivity contribution < 1.29 is 32.4 Å². The number of ether oxygens (including phenoxy) is 2. The summed E-state index contributed by atoms with van der Waals surface area (Å²) >= 11 is 0. The maximum Gasteiger partial charge on any atom is 0.360 e. The molecule has 0 aliphatic carbocycles. The molecular formula is C37H63N7O7. The normalized spacial score (nSPS) is 11.5. The van der Waals surface area contributed by atoms with Gasteiger partial charge in [0.05, 0.1) is 38.1 Å². The van der Waals surface area contributed by atoms with Crippen LogP contribution in [0.25, 0.3) is 0 Å². The van der Waals surface area contributed by atoms with Crippen LogP contribution in [0.1, 0.15) is 149 Å². The Hall–Kier alpha value is -4.36. The molecule has 4 heterocycles. The monoisotopic (exact) mass is 717 g/mol. The largest absolute Gasteiger partial charge is 0.469 e. The lowest BCUT2D eigenvalue weighted by molar-refractivity contribution is -0.144. The molecule has 4 aromatic rings. The molecule has 0 aliphatic heterocycles. The van der Waals surface area contributed by atoms with Crippen molar-refractivity contribution in [3.8, 4) is 0 Å². The van der Waals surface area contributed by atoms with E-state index in [1.165, 1.54) is 18.2 Å². The van der Waals surface area contributed by atoms with Crippen molar-refractivity contribution in [3.05, 3.63) is 59.0 Å². The van der Waals surface area contributed by atoms with Crippen LogP contribution in [0.5, 0.6) is 0 Å². The fourth-order valence-corrected chi connectivity index (χ4v) is 3.16. The molecule has 0 bridgehead atoms. The van der Waals surface area contributed by atoms with Gasteiger partial charge in [0, 0.05) is 27.7 Å². The van der Waals surface area contributed by atoms with Crippen molar-refractivity contribution in [2.24, 2.45) is 13.0 Å². The predicted octanol–water partition coefficient (Wildman–Crippen LogP) is 8.03. The van der Waals surface area contributed by atoms with Crippen molar-refractivity contribution in [1.82, 2.24) is 35.3 Å². The summed E-state index contributed by atoms with van der Waals surface area (Å²) in [4.78, 5) is 31.3. The Labute approximate surface area is 304 Å². The van der Waals surface area contributed by atoms with Gasteiger partial charge in [-0.1, -0.05) is 102 Å². The van der Waals surface area contributed by atoms with E-state index in [4.69, 9.17) is 18.1 Å². The average molecular weight is 718 g/mol. The van der Waals surface area contributed by atoms with Crippen LogP contribution in [0.15, 0.2) is 32.0 Å². The van der Waals surface area contributed by atoms with E-state index < -0.39 is 5.97 Å². The number of aromatic nitrogens is 7. The molecule has 0 N–H and O–H groups in total. The van der Waals surface area contributed by atoms with Crippen molar-refractivity contribution in [1.29, 1.82) is 0 Å². The highest BCUT2D eigenvalue weighted by Crippen LogP contribution is 2.22. The van der Waals surface area contributed by atoms with Crippen LogP contribution < -0.4 is 0 Å². The molecule has 288 valence electrons. The molecular weight excluding hydrogens is 654 g/mol. The average Bonchev–Trinajstić information content (AvgIpc) is 3.80. The summed E-state index contributed by atoms with van der Waals surface area (Å²) < 4.78 is 24.5. The minimum Gasteiger partial charge on any atom is -0.469 e. The van der Waals surface area contributed by atoms with E-state index in [0.29, 0.717) is 12.5 Å². The highest BCUT2D eigenvalue weighted by Gasteiger charge is 2.23. The van der Waals surface area contributed by atoms with E-state index in [0.717, 1.165) is 28.9 Å². The van der Waals surface area contributed by atoms with E-state index in [9.17, 15) is 9.59 Å². The lowest BCUT2D eigenvalue weighted by atomic mass is 9.92. The molecule has 51 heavy (non-hydrogen) atoms. The standard InChI is InChI=1S/C10H15NO3.2C8H13NO.C6H12N4.C5H10O2/c1-5-13-8(12)7-6-14-9(11-7)10(2,3)4;1-6-5-10-7(9-6)8(2,3)4;1-6-5-7(9-10-6)8(2,3)4;1-6(2,3)5-7-9-10(4)8-5;1-4(2)5(6)7-3/h6H,5H2,1-4H3;2*5H,1-4H3;1-4H3;4H,1-3H3. The third-order valence-electron chi connectivity index (χ3n) is 6.14. The number of tetrazole rings is 1. The molecule has 14 nitrogen and oxygen atoms in total. The molecule has 0 aromatic carbocycles. The Morgan fingerprint density at radius 2 is 1.35 bits per heavy atom. The Morgan fingerprint density at radius 3 is 1.59 bits per heavy atom. The van der Waals surface area contributed by atoms with Gasteiger partial charge < -0.3 is 22.8 Å². The van der Waals surface area contributed by atoms with Crippen LogP contribution in [-0.4, -0.2) is 61.0 Å². The molecule has 14 heteroatoms. The summed E-state index contributed by atoms with van der Waals surface area (Å²) in [5, 5.41) is 15.6. The van der Waals surface area contributed by atoms with Crippen LogP contribution in [0, 0.1) is 19.8 Å². The van der Waals surface area contributed by atoms with Gasteiger partial charge in [0.2, 0.25) is 0 Å². The molecule has 0 fully saturated rings. The Morgan fingerprint density at radius 1 is 0.824 bits per heavy atom. The first-order chi connectivity index (χ1) is 23.1. The number of rotatable bonds is 3. The van der Waals surface area contributed by atoms with Crippen LogP contribution in [0.3, 0.4) is 0 Å². The van der Waals surface area contributed by atoms with Crippen LogP contribution in [0.4, 0.5) is 0 Å². The van der Waals surface area contributed by atoms with Gasteiger partial charge in [-0.3, -0.25) is 4.79 Å². The molecule has 0 saturated carbocycles. The van der Waals surface area contributed by atoms with Gasteiger partial charge in [-0.15, -0.1) is 10.2 Å². The second-order valence-corrected chi connectivity index (χ2v) is 16.2. The van der Waals surface area contributed by atoms with Crippen molar-refractivity contribution in [2.45, 2.75) is 139 Å². The summed E-state index contributed by atoms with van der Waals surface area (Å²) in [5.41, 5.74) is 2.16. The van der Waals surface area contributed by atoms with Gasteiger partial charge in [-0.25, -0.2) is 14.8 Å². The molecule has 0 atom stereocenters. The molecule has 0 aliphatic rings. The third kappa shape index (κ3) is 18.4. The zero-order valence-corrected chi connectivity index (χ0v) is 34.5. The number of esters is 2. The first-order valence-electron chi connectivity index (χ1n) is 16.9. The van der Waals surface area contributed by atoms with Gasteiger partial charge in [0.1, 0.15) is 18.3 Å². The number of hydrogen-bond donors (Lipinski definition) is 0. The van der Waals surface area contributed by atoms with Gasteiger partial charge in [0.15, 0.2) is 23.3 Å². The van der Waals surface area contributed by atoms with Crippen molar-refractivity contribution in [3.63, 3.8) is 0 Å². The Balaban J connectivity index is 0.000000623. The van der Waals surface area contributed by atoms with E-state index in [2.05, 4.69) is 97.6 Å². The number of hydrogen-bond acceptors (Lipinski definition) is 13. The summed E-state index contributed by atoms with van der Waals surface area (Å²) in [6.07, 6.45) is 3.01. The lowest BCUT2D eigenvalue weighted by Gasteiger charge is -2.12. The van der Waals surface area contributed by atoms with E-state index in [-0.39, 0.29) is 39.2 Å². The second kappa shape index (κ2) is 19.9. The summed E-state index contributed by atoms with van der Waals surface area (Å²) in [7, 11) is 3.16. The smallest absolute Gasteiger partial charge is 0.360 e. The minimum absolute atomic E-state index is 0.00463. The van der Waals surface area contributed by atoms with Crippen LogP contribution in [0.2, 0.25) is 0 Å². The fraction of sp³-hybridized carbons (Fsp3) is 0.676. The first-order valence-corrected chi connectivity index (χ1v) is 16.9. The number of methoxy groups -OCH3 is 1. The van der Waals surface area contributed by atoms with Gasteiger partial charge >= 0.3 is 11.9 Å². The molecule has 0 unspecified atom stereocenters. The minimum atomic E-state index is -0.438. The fourth-order valence-electron chi connectivity index (χ4n) is 3.16. The van der Waals surface area contributed by atoms with Crippen molar-refractivity contribution >= 4 is 11.9 Å². The van der Waals surface area contributed by atoms with Crippen molar-refractivity contribution in [2.75, 3.05) is 13.7 Å². The van der Waals surface area contributed by atoms with Crippen LogP contribution in [-0.2, 0) is 43.0 Å². The predicted molar refractivity (Wildman–Crippen MR) is 195 cm³/mol. The van der Waals surface area contributed by atoms with E-state index in [1.807, 2.05) is 40.7 Å². The number of carbonyl (C=O) groups is 2. The number of oxazole rings is 2. The summed E-state index contributed by atoms with van der Waals surface area (Å²) in [6.45, 7) is 34.2. The highest BCUT2D eigenvalue weighted by molar-refractivity contribution is 5.86. The number of aryl methyl sites for hydroxylation is 3. The molecule has 4 aromatic heterocycles. The number of carbonyl (C=O) groups excluding carboxylic acids is 2. The van der Waals surface area contributed by atoms with E-state index >= 15 is 0 Å². The third-order valence-corrected chi connectivity index (χ3v) is 6.14. The van der Waals surface area contributed by atoms with Crippen LogP contribution >= 0.6 is 0 Å². The lowest BCUT2D eigenvalue weighted by Crippen LogP contribution is -2.13. The zero-order valence-electron chi connectivity index (χ0n) is 34.5. The van der Waals surface area contributed by atoms with Gasteiger partial charge in [-0.05, 0) is 26.0 Å². The molecule has 0 saturated heterocycles. The second-order valence-electron chi connectivity index (χ2n) is 16.2. The molecule has 0 radical (unpaired) electrons. The molecule has 0 spiro atoms. The Bertz CT molecular complexity index is 1470. The topological polar surface area (TPSA) is 174 Å². The maximum absolute atomic E-state index is 11.2. The highest BCUT2D eigenvalue weighted by atomic mass is 16.5.